The van der Waals surface area contributed by atoms with Crippen LogP contribution >= 0.6 is 0 Å². The Bertz CT molecular complexity index is 965. The van der Waals surface area contributed by atoms with Crippen LogP contribution in [0.5, 0.6) is 0 Å². The molecular weight excluding hydrogens is 508 g/mol. The second-order valence-corrected chi connectivity index (χ2v) is 9.49. The van der Waals surface area contributed by atoms with Gasteiger partial charge in [-0.2, -0.15) is 17.6 Å². The highest BCUT2D eigenvalue weighted by atomic mass is 19.3. The molecule has 2 aliphatic rings. The van der Waals surface area contributed by atoms with Crippen molar-refractivity contribution in [1.82, 2.24) is 10.6 Å². The van der Waals surface area contributed by atoms with E-state index in [0.29, 0.717) is 25.9 Å². The quantitative estimate of drug-likeness (QED) is 0.293. The molecular formula is C27H32F4N2O5. The SMILES string of the molecule is O=C(OCc1ccccc1[C@@H]1CN[C@H](COC(F)F)C1)OCc1ccccc1[C@@H]1CN[C@H](COC(F)F)C1. The summed E-state index contributed by atoms with van der Waals surface area (Å²) in [5.74, 6) is 0.165. The van der Waals surface area contributed by atoms with Gasteiger partial charge >= 0.3 is 19.4 Å². The van der Waals surface area contributed by atoms with E-state index in [1.54, 1.807) is 0 Å². The van der Waals surface area contributed by atoms with Crippen LogP contribution in [0.4, 0.5) is 22.4 Å². The van der Waals surface area contributed by atoms with E-state index in [2.05, 4.69) is 20.1 Å². The Labute approximate surface area is 218 Å². The van der Waals surface area contributed by atoms with Gasteiger partial charge in [0.25, 0.3) is 0 Å². The topological polar surface area (TPSA) is 78.1 Å². The lowest BCUT2D eigenvalue weighted by atomic mass is 9.92. The minimum absolute atomic E-state index is 0.0176. The van der Waals surface area contributed by atoms with Gasteiger partial charge in [0.1, 0.15) is 13.2 Å². The first-order valence-electron chi connectivity index (χ1n) is 12.6. The van der Waals surface area contributed by atoms with Crippen LogP contribution < -0.4 is 10.6 Å². The molecule has 0 bridgehead atoms. The zero-order valence-electron chi connectivity index (χ0n) is 20.8. The van der Waals surface area contributed by atoms with Gasteiger partial charge in [0.2, 0.25) is 0 Å². The van der Waals surface area contributed by atoms with E-state index in [-0.39, 0.29) is 50.3 Å². The maximum atomic E-state index is 12.4. The molecule has 2 aromatic rings. The number of carbonyl (C=O) groups is 1. The molecule has 0 amide bonds. The van der Waals surface area contributed by atoms with Crippen LogP contribution in [0, 0.1) is 0 Å². The predicted molar refractivity (Wildman–Crippen MR) is 130 cm³/mol. The molecule has 4 rings (SSSR count). The molecule has 2 fully saturated rings. The van der Waals surface area contributed by atoms with Crippen molar-refractivity contribution in [3.63, 3.8) is 0 Å². The summed E-state index contributed by atoms with van der Waals surface area (Å²) >= 11 is 0. The van der Waals surface area contributed by atoms with E-state index < -0.39 is 19.4 Å². The number of ether oxygens (including phenoxy) is 4. The highest BCUT2D eigenvalue weighted by molar-refractivity contribution is 5.60. The molecule has 0 radical (unpaired) electrons. The molecule has 208 valence electrons. The number of hydrogen-bond donors (Lipinski definition) is 2. The zero-order chi connectivity index (χ0) is 26.9. The number of nitrogens with one attached hydrogen (secondary N) is 2. The Hall–Kier alpha value is -2.73. The van der Waals surface area contributed by atoms with Crippen LogP contribution in [0.1, 0.15) is 46.9 Å². The zero-order valence-corrected chi connectivity index (χ0v) is 20.8. The summed E-state index contributed by atoms with van der Waals surface area (Å²) in [6.07, 6.45) is 0.460. The van der Waals surface area contributed by atoms with Gasteiger partial charge < -0.3 is 29.6 Å². The third-order valence-electron chi connectivity index (χ3n) is 6.97. The smallest absolute Gasteiger partial charge is 0.429 e. The number of hydrogen-bond acceptors (Lipinski definition) is 7. The van der Waals surface area contributed by atoms with Crippen LogP contribution in [-0.4, -0.2) is 57.8 Å². The van der Waals surface area contributed by atoms with Crippen LogP contribution in [0.25, 0.3) is 0 Å². The van der Waals surface area contributed by atoms with E-state index in [1.165, 1.54) is 0 Å². The summed E-state index contributed by atoms with van der Waals surface area (Å²) < 4.78 is 69.0. The molecule has 0 unspecified atom stereocenters. The Morgan fingerprint density at radius 1 is 0.737 bits per heavy atom. The molecule has 2 aromatic carbocycles. The van der Waals surface area contributed by atoms with Crippen LogP contribution in [-0.2, 0) is 32.2 Å². The van der Waals surface area contributed by atoms with Crippen molar-refractivity contribution >= 4 is 6.16 Å². The normalized spacial score (nSPS) is 23.3. The second-order valence-electron chi connectivity index (χ2n) is 9.49. The maximum Gasteiger partial charge on any atom is 0.508 e. The van der Waals surface area contributed by atoms with Gasteiger partial charge in [0.05, 0.1) is 13.2 Å². The van der Waals surface area contributed by atoms with Gasteiger partial charge in [-0.1, -0.05) is 48.5 Å². The average molecular weight is 541 g/mol. The standard InChI is InChI=1S/C27H32F4N2O5/c28-25(29)35-15-21-9-19(11-32-21)23-7-3-1-5-17(23)13-37-27(34)38-14-18-6-2-4-8-24(18)20-10-22(33-12-20)16-36-26(30)31/h1-8,19-22,25-26,32-33H,9-16H2/t19-,20-,21-,22-/m0/s1. The van der Waals surface area contributed by atoms with Crippen LogP contribution in [0.15, 0.2) is 48.5 Å². The van der Waals surface area contributed by atoms with Gasteiger partial charge in [-0.05, 0) is 46.9 Å². The second kappa shape index (κ2) is 13.9. The molecule has 0 saturated carbocycles. The summed E-state index contributed by atoms with van der Waals surface area (Å²) in [5, 5.41) is 6.40. The summed E-state index contributed by atoms with van der Waals surface area (Å²) in [5.41, 5.74) is 3.61. The van der Waals surface area contributed by atoms with E-state index >= 15 is 0 Å². The Kier molecular flexibility index (Phi) is 10.3. The Morgan fingerprint density at radius 3 is 1.58 bits per heavy atom. The monoisotopic (exact) mass is 540 g/mol. The summed E-state index contributed by atoms with van der Waals surface area (Å²) in [7, 11) is 0. The van der Waals surface area contributed by atoms with Crippen molar-refractivity contribution in [2.24, 2.45) is 0 Å². The fraction of sp³-hybridized carbons (Fsp3) is 0.519. The molecule has 0 aliphatic carbocycles. The van der Waals surface area contributed by atoms with Crippen molar-refractivity contribution in [3.05, 3.63) is 70.8 Å². The lowest BCUT2D eigenvalue weighted by Gasteiger charge is -2.17. The van der Waals surface area contributed by atoms with Crippen molar-refractivity contribution in [2.75, 3.05) is 26.3 Å². The first-order chi connectivity index (χ1) is 18.4. The summed E-state index contributed by atoms with van der Waals surface area (Å²) in [4.78, 5) is 12.4. The highest BCUT2D eigenvalue weighted by Gasteiger charge is 2.29. The molecule has 38 heavy (non-hydrogen) atoms. The van der Waals surface area contributed by atoms with E-state index in [9.17, 15) is 22.4 Å². The molecule has 0 spiro atoms. The van der Waals surface area contributed by atoms with Gasteiger partial charge in [0, 0.05) is 25.2 Å². The van der Waals surface area contributed by atoms with Crippen molar-refractivity contribution < 1.29 is 41.3 Å². The minimum Gasteiger partial charge on any atom is -0.429 e. The van der Waals surface area contributed by atoms with E-state index in [0.717, 1.165) is 22.3 Å². The molecule has 0 aromatic heterocycles. The first-order valence-corrected chi connectivity index (χ1v) is 12.6. The minimum atomic E-state index is -2.80. The lowest BCUT2D eigenvalue weighted by Crippen LogP contribution is -2.27. The number of halogens is 4. The first kappa shape index (κ1) is 28.3. The van der Waals surface area contributed by atoms with Crippen LogP contribution in [0.3, 0.4) is 0 Å². The van der Waals surface area contributed by atoms with Crippen molar-refractivity contribution in [2.45, 2.75) is 63.2 Å². The molecule has 2 aliphatic heterocycles. The fourth-order valence-electron chi connectivity index (χ4n) is 5.19. The van der Waals surface area contributed by atoms with E-state index in [1.807, 2.05) is 48.5 Å². The summed E-state index contributed by atoms with van der Waals surface area (Å²) in [6, 6.07) is 14.7. The molecule has 2 heterocycles. The largest absolute Gasteiger partial charge is 0.508 e. The maximum absolute atomic E-state index is 12.4. The average Bonchev–Trinajstić information content (AvgIpc) is 3.59. The van der Waals surface area contributed by atoms with Crippen LogP contribution in [0.2, 0.25) is 0 Å². The molecule has 4 atom stereocenters. The Balaban J connectivity index is 1.27. The fourth-order valence-corrected chi connectivity index (χ4v) is 5.19. The number of alkyl halides is 4. The molecule has 2 saturated heterocycles. The molecule has 2 N–H and O–H groups in total. The third kappa shape index (κ3) is 8.13. The summed E-state index contributed by atoms with van der Waals surface area (Å²) in [6.45, 7) is -4.47. The third-order valence-corrected chi connectivity index (χ3v) is 6.97. The van der Waals surface area contributed by atoms with Gasteiger partial charge in [-0.25, -0.2) is 4.79 Å². The van der Waals surface area contributed by atoms with E-state index in [4.69, 9.17) is 9.47 Å². The predicted octanol–water partition coefficient (Wildman–Crippen LogP) is 4.91. The number of carbonyl (C=O) groups excluding carboxylic acids is 1. The van der Waals surface area contributed by atoms with Crippen molar-refractivity contribution in [1.29, 1.82) is 0 Å². The Morgan fingerprint density at radius 2 is 1.16 bits per heavy atom. The van der Waals surface area contributed by atoms with Gasteiger partial charge in [0.15, 0.2) is 0 Å². The van der Waals surface area contributed by atoms with Gasteiger partial charge in [-0.3, -0.25) is 0 Å². The highest BCUT2D eigenvalue weighted by Crippen LogP contribution is 2.30. The number of rotatable bonds is 12. The van der Waals surface area contributed by atoms with Crippen molar-refractivity contribution in [3.8, 4) is 0 Å². The molecule has 7 nitrogen and oxygen atoms in total. The number of benzene rings is 2. The molecule has 11 heteroatoms. The van der Waals surface area contributed by atoms with Gasteiger partial charge in [-0.15, -0.1) is 0 Å². The lowest BCUT2D eigenvalue weighted by molar-refractivity contribution is -0.133.